The highest BCUT2D eigenvalue weighted by atomic mass is 16.1. The van der Waals surface area contributed by atoms with Crippen LogP contribution in [0, 0.1) is 17.8 Å². The molecule has 0 aromatic carbocycles. The van der Waals surface area contributed by atoms with Gasteiger partial charge in [0.1, 0.15) is 0 Å². The van der Waals surface area contributed by atoms with E-state index in [4.69, 9.17) is 0 Å². The largest absolute Gasteiger partial charge is 0.345 e. The van der Waals surface area contributed by atoms with Crippen molar-refractivity contribution in [1.82, 2.24) is 5.32 Å². The molecule has 0 aromatic rings. The van der Waals surface area contributed by atoms with E-state index < -0.39 is 0 Å². The quantitative estimate of drug-likeness (QED) is 0.656. The van der Waals surface area contributed by atoms with Crippen LogP contribution in [0.2, 0.25) is 0 Å². The lowest BCUT2D eigenvalue weighted by Gasteiger charge is -2.07. The van der Waals surface area contributed by atoms with Crippen LogP contribution in [-0.4, -0.2) is 12.5 Å². The zero-order valence-electron chi connectivity index (χ0n) is 8.23. The fraction of sp³-hybridized carbons (Fsp3) is 0.727. The monoisotopic (exact) mass is 179 g/mol. The average Bonchev–Trinajstić information content (AvgIpc) is 2.57. The lowest BCUT2D eigenvalue weighted by molar-refractivity contribution is -0.121. The van der Waals surface area contributed by atoms with Crippen LogP contribution in [0.4, 0.5) is 0 Å². The highest BCUT2D eigenvalue weighted by molar-refractivity contribution is 5.76. The zero-order valence-corrected chi connectivity index (χ0v) is 8.23. The normalized spacial score (nSPS) is 16.4. The van der Waals surface area contributed by atoms with Gasteiger partial charge < -0.3 is 5.32 Å². The lowest BCUT2D eigenvalue weighted by atomic mass is 10.0. The minimum atomic E-state index is 0.162. The van der Waals surface area contributed by atoms with Gasteiger partial charge in [-0.05, 0) is 25.7 Å². The van der Waals surface area contributed by atoms with E-state index in [-0.39, 0.29) is 5.91 Å². The van der Waals surface area contributed by atoms with Crippen molar-refractivity contribution in [3.05, 3.63) is 0 Å². The molecule has 13 heavy (non-hydrogen) atoms. The molecular weight excluding hydrogens is 162 g/mol. The van der Waals surface area contributed by atoms with Crippen molar-refractivity contribution in [3.8, 4) is 11.8 Å². The summed E-state index contributed by atoms with van der Waals surface area (Å²) in [4.78, 5) is 11.3. The summed E-state index contributed by atoms with van der Waals surface area (Å²) in [7, 11) is 0. The van der Waals surface area contributed by atoms with Crippen LogP contribution in [0.1, 0.15) is 39.0 Å². The number of hydrogen-bond donors (Lipinski definition) is 1. The van der Waals surface area contributed by atoms with Crippen LogP contribution >= 0.6 is 0 Å². The summed E-state index contributed by atoms with van der Waals surface area (Å²) in [6, 6.07) is 0. The Hall–Kier alpha value is -0.970. The molecule has 1 fully saturated rings. The molecule has 2 nitrogen and oxygen atoms in total. The summed E-state index contributed by atoms with van der Waals surface area (Å²) in [5.74, 6) is 6.37. The molecule has 0 unspecified atom stereocenters. The molecule has 0 aliphatic heterocycles. The Bertz CT molecular complexity index is 218. The van der Waals surface area contributed by atoms with Gasteiger partial charge in [0.05, 0.1) is 6.54 Å². The summed E-state index contributed by atoms with van der Waals surface area (Å²) < 4.78 is 0. The number of rotatable bonds is 3. The van der Waals surface area contributed by atoms with Crippen LogP contribution in [0.3, 0.4) is 0 Å². The minimum absolute atomic E-state index is 0.162. The second-order valence-corrected chi connectivity index (χ2v) is 3.56. The first-order chi connectivity index (χ1) is 6.33. The van der Waals surface area contributed by atoms with Crippen molar-refractivity contribution in [2.75, 3.05) is 6.54 Å². The maximum absolute atomic E-state index is 11.3. The van der Waals surface area contributed by atoms with Gasteiger partial charge in [-0.2, -0.15) is 0 Å². The molecule has 0 radical (unpaired) electrons. The van der Waals surface area contributed by atoms with Crippen molar-refractivity contribution >= 4 is 5.91 Å². The van der Waals surface area contributed by atoms with E-state index in [1.165, 1.54) is 25.7 Å². The number of nitrogens with one attached hydrogen (secondary N) is 1. The second kappa shape index (κ2) is 5.64. The first-order valence-corrected chi connectivity index (χ1v) is 4.99. The molecular formula is C11H17NO. The van der Waals surface area contributed by atoms with Crippen LogP contribution in [0.25, 0.3) is 0 Å². The van der Waals surface area contributed by atoms with Gasteiger partial charge in [0, 0.05) is 6.42 Å². The van der Waals surface area contributed by atoms with E-state index in [0.29, 0.717) is 18.9 Å². The second-order valence-electron chi connectivity index (χ2n) is 3.56. The standard InChI is InChI=1S/C11H17NO/c1-2-3-8-12-11(13)9-10-6-4-5-7-10/h10H,4-9H2,1H3,(H,12,13). The third-order valence-electron chi connectivity index (χ3n) is 2.50. The molecule has 0 saturated heterocycles. The zero-order chi connectivity index (χ0) is 9.52. The van der Waals surface area contributed by atoms with Gasteiger partial charge in [0.2, 0.25) is 5.91 Å². The van der Waals surface area contributed by atoms with Gasteiger partial charge in [-0.3, -0.25) is 4.79 Å². The van der Waals surface area contributed by atoms with E-state index in [1.54, 1.807) is 6.92 Å². The van der Waals surface area contributed by atoms with Gasteiger partial charge in [-0.25, -0.2) is 0 Å². The third-order valence-corrected chi connectivity index (χ3v) is 2.50. The molecule has 1 rings (SSSR count). The van der Waals surface area contributed by atoms with Gasteiger partial charge in [-0.1, -0.05) is 18.8 Å². The summed E-state index contributed by atoms with van der Waals surface area (Å²) in [5.41, 5.74) is 0. The van der Waals surface area contributed by atoms with Gasteiger partial charge in [-0.15, -0.1) is 5.92 Å². The van der Waals surface area contributed by atoms with Gasteiger partial charge >= 0.3 is 0 Å². The predicted octanol–water partition coefficient (Wildman–Crippen LogP) is 1.71. The van der Waals surface area contributed by atoms with E-state index in [1.807, 2.05) is 0 Å². The van der Waals surface area contributed by atoms with Gasteiger partial charge in [0.15, 0.2) is 0 Å². The SMILES string of the molecule is CC#CCNC(=O)CC1CCCC1. The molecule has 2 heteroatoms. The Balaban J connectivity index is 2.11. The third kappa shape index (κ3) is 3.98. The number of amides is 1. The smallest absolute Gasteiger partial charge is 0.221 e. The average molecular weight is 179 g/mol. The maximum Gasteiger partial charge on any atom is 0.221 e. The van der Waals surface area contributed by atoms with Crippen LogP contribution in [0.15, 0.2) is 0 Å². The van der Waals surface area contributed by atoms with E-state index in [9.17, 15) is 4.79 Å². The summed E-state index contributed by atoms with van der Waals surface area (Å²) >= 11 is 0. The molecule has 0 bridgehead atoms. The highest BCUT2D eigenvalue weighted by Crippen LogP contribution is 2.27. The summed E-state index contributed by atoms with van der Waals surface area (Å²) in [6.45, 7) is 2.28. The predicted molar refractivity (Wildman–Crippen MR) is 53.0 cm³/mol. The molecule has 1 amide bonds. The molecule has 0 aromatic heterocycles. The van der Waals surface area contributed by atoms with Crippen molar-refractivity contribution in [3.63, 3.8) is 0 Å². The van der Waals surface area contributed by atoms with Crippen molar-refractivity contribution in [2.45, 2.75) is 39.0 Å². The molecule has 1 aliphatic rings. The van der Waals surface area contributed by atoms with Crippen LogP contribution in [0.5, 0.6) is 0 Å². The van der Waals surface area contributed by atoms with Crippen LogP contribution < -0.4 is 5.32 Å². The maximum atomic E-state index is 11.3. The van der Waals surface area contributed by atoms with E-state index in [0.717, 1.165) is 0 Å². The first-order valence-electron chi connectivity index (χ1n) is 4.99. The molecule has 1 aliphatic carbocycles. The Kier molecular flexibility index (Phi) is 4.39. The summed E-state index contributed by atoms with van der Waals surface area (Å²) in [5, 5.41) is 2.80. The highest BCUT2D eigenvalue weighted by Gasteiger charge is 2.17. The van der Waals surface area contributed by atoms with Crippen molar-refractivity contribution in [1.29, 1.82) is 0 Å². The Labute approximate surface area is 80.1 Å². The molecule has 0 atom stereocenters. The number of carbonyl (C=O) groups is 1. The van der Waals surface area contributed by atoms with Crippen molar-refractivity contribution in [2.24, 2.45) is 5.92 Å². The summed E-state index contributed by atoms with van der Waals surface area (Å²) in [6.07, 6.45) is 5.75. The number of hydrogen-bond acceptors (Lipinski definition) is 1. The van der Waals surface area contributed by atoms with E-state index in [2.05, 4.69) is 17.2 Å². The fourth-order valence-corrected chi connectivity index (χ4v) is 1.78. The first kappa shape index (κ1) is 10.1. The Morgan fingerprint density at radius 2 is 2.15 bits per heavy atom. The van der Waals surface area contributed by atoms with Gasteiger partial charge in [0.25, 0.3) is 0 Å². The van der Waals surface area contributed by atoms with Crippen LogP contribution in [-0.2, 0) is 4.79 Å². The molecule has 0 heterocycles. The molecule has 0 spiro atoms. The Morgan fingerprint density at radius 1 is 1.46 bits per heavy atom. The fourth-order valence-electron chi connectivity index (χ4n) is 1.78. The van der Waals surface area contributed by atoms with E-state index >= 15 is 0 Å². The molecule has 1 saturated carbocycles. The Morgan fingerprint density at radius 3 is 2.77 bits per heavy atom. The minimum Gasteiger partial charge on any atom is -0.345 e. The molecule has 72 valence electrons. The molecule has 1 N–H and O–H groups in total. The number of carbonyl (C=O) groups excluding carboxylic acids is 1. The van der Waals surface area contributed by atoms with Crippen molar-refractivity contribution < 1.29 is 4.79 Å². The lowest BCUT2D eigenvalue weighted by Crippen LogP contribution is -2.25. The topological polar surface area (TPSA) is 29.1 Å².